The average molecular weight is 1080 g/mol. The third kappa shape index (κ3) is 10.1. The van der Waals surface area contributed by atoms with Crippen molar-refractivity contribution in [2.45, 2.75) is 217 Å². The number of hydrogen-bond acceptors (Lipinski definition) is 21. The summed E-state index contributed by atoms with van der Waals surface area (Å²) in [6.07, 6.45) is -19.6. The molecule has 3 heterocycles. The summed E-state index contributed by atoms with van der Waals surface area (Å²) in [5.41, 5.74) is -1.35. The molecule has 0 amide bonds. The number of allylic oxidation sites excluding steroid dienone is 2. The van der Waals surface area contributed by atoms with Crippen LogP contribution in [-0.2, 0) is 52.3 Å². The molecule has 23 nitrogen and oxygen atoms in total. The highest BCUT2D eigenvalue weighted by Crippen LogP contribution is 2.76. The first-order valence-corrected chi connectivity index (χ1v) is 26.5. The first kappa shape index (κ1) is 58.6. The molecular weight excluding hydrogens is 993 g/mol. The van der Waals surface area contributed by atoms with Gasteiger partial charge in [-0.3, -0.25) is 4.79 Å². The lowest BCUT2D eigenvalue weighted by molar-refractivity contribution is -0.385. The zero-order valence-electron chi connectivity index (χ0n) is 43.9. The number of aliphatic carboxylic acids is 2. The number of aliphatic hydroxyl groups is 10. The Bertz CT molecular complexity index is 2100. The summed E-state index contributed by atoms with van der Waals surface area (Å²) in [5.74, 6) is -3.96. The van der Waals surface area contributed by atoms with Gasteiger partial charge < -0.3 is 99.2 Å². The van der Waals surface area contributed by atoms with Crippen LogP contribution < -0.4 is 0 Å². The summed E-state index contributed by atoms with van der Waals surface area (Å²) >= 11 is 0. The van der Waals surface area contributed by atoms with Gasteiger partial charge in [-0.1, -0.05) is 60.1 Å². The number of carboxylic acids is 2. The van der Waals surface area contributed by atoms with E-state index in [1.165, 1.54) is 5.57 Å². The smallest absolute Gasteiger partial charge is 0.337 e. The second-order valence-electron chi connectivity index (χ2n) is 25.0. The molecule has 3 aliphatic heterocycles. The molecule has 0 aromatic rings. The number of carbonyl (C=O) groups excluding carboxylic acids is 1. The molecule has 8 rings (SSSR count). The molecule has 0 radical (unpaired) electrons. The van der Waals surface area contributed by atoms with Gasteiger partial charge in [0.1, 0.15) is 73.8 Å². The van der Waals surface area contributed by atoms with Gasteiger partial charge in [0.25, 0.3) is 0 Å². The number of carbonyl (C=O) groups is 3. The normalized spacial score (nSPS) is 48.1. The van der Waals surface area contributed by atoms with Crippen LogP contribution >= 0.6 is 0 Å². The van der Waals surface area contributed by atoms with Gasteiger partial charge in [-0.05, 0) is 109 Å². The number of hydrogen-bond donors (Lipinski definition) is 12. The molecule has 0 unspecified atom stereocenters. The van der Waals surface area contributed by atoms with E-state index in [1.54, 1.807) is 0 Å². The van der Waals surface area contributed by atoms with Gasteiger partial charge in [-0.25, -0.2) is 9.59 Å². The Morgan fingerprint density at radius 3 is 2.00 bits per heavy atom. The van der Waals surface area contributed by atoms with Gasteiger partial charge in [-0.2, -0.15) is 0 Å². The van der Waals surface area contributed by atoms with Crippen LogP contribution in [0.2, 0.25) is 0 Å². The minimum atomic E-state index is -2.49. The second-order valence-corrected chi connectivity index (χ2v) is 25.0. The highest BCUT2D eigenvalue weighted by molar-refractivity contribution is 5.79. The standard InChI is InChI=1S/C52H82O23/c1-47(2)14-16-52(46(67)75-44-37(63)35(61)33(59)26(19-53)70-44)17-15-50(6)23(24(52)18-47)8-9-29-49(5)12-11-30(48(3,4)28(49)10-13-51(29,50)7)72-45-40(74-42-36(62)32(58)25(55)21-68-42)39(34(60)27(20-54)71-45)73-43(38(64)41(65)66)69-22-31(56)57/h8,24-30,32-40,42-45,53-55,58-64H,9-22H2,1-7H3,(H,56,57)(H,65,66)/t24-,25+,26+,27+,28-,29+,30-,32-,33+,34+,35-,36+,37+,38+,39-,40+,42-,43-,44-,45-,49-,50+,51+,52-/m0/s1. The Morgan fingerprint density at radius 2 is 1.35 bits per heavy atom. The third-order valence-electron chi connectivity index (χ3n) is 20.1. The maximum absolute atomic E-state index is 14.8. The maximum atomic E-state index is 14.8. The van der Waals surface area contributed by atoms with Crippen molar-refractivity contribution in [1.29, 1.82) is 0 Å². The topological polar surface area (TPSA) is 368 Å². The predicted molar refractivity (Wildman–Crippen MR) is 254 cm³/mol. The summed E-state index contributed by atoms with van der Waals surface area (Å²) in [6.45, 7) is 12.6. The molecule has 4 saturated carbocycles. The van der Waals surface area contributed by atoms with E-state index in [4.69, 9.17) is 37.9 Å². The van der Waals surface area contributed by atoms with Gasteiger partial charge in [0.15, 0.2) is 18.9 Å². The van der Waals surface area contributed by atoms with E-state index < -0.39 is 160 Å². The van der Waals surface area contributed by atoms with Crippen LogP contribution in [0.3, 0.4) is 0 Å². The van der Waals surface area contributed by atoms with Crippen molar-refractivity contribution in [3.05, 3.63) is 11.6 Å². The first-order chi connectivity index (χ1) is 35.0. The molecule has 7 fully saturated rings. The molecule has 8 aliphatic rings. The summed E-state index contributed by atoms with van der Waals surface area (Å²) in [6, 6.07) is 0. The van der Waals surface area contributed by atoms with Gasteiger partial charge in [-0.15, -0.1) is 0 Å². The molecule has 5 aliphatic carbocycles. The Balaban J connectivity index is 1.07. The highest BCUT2D eigenvalue weighted by atomic mass is 16.8. The lowest BCUT2D eigenvalue weighted by atomic mass is 9.33. The van der Waals surface area contributed by atoms with Crippen molar-refractivity contribution in [1.82, 2.24) is 0 Å². The quantitative estimate of drug-likeness (QED) is 0.0433. The van der Waals surface area contributed by atoms with E-state index in [2.05, 4.69) is 54.5 Å². The van der Waals surface area contributed by atoms with Crippen LogP contribution in [0.15, 0.2) is 11.6 Å². The highest BCUT2D eigenvalue weighted by Gasteiger charge is 2.70. The molecular formula is C52H82O23. The van der Waals surface area contributed by atoms with E-state index in [-0.39, 0.29) is 39.4 Å². The van der Waals surface area contributed by atoms with Crippen molar-refractivity contribution in [3.63, 3.8) is 0 Å². The lowest BCUT2D eigenvalue weighted by Crippen LogP contribution is -2.67. The van der Waals surface area contributed by atoms with Crippen LogP contribution in [0.25, 0.3) is 0 Å². The van der Waals surface area contributed by atoms with Crippen LogP contribution in [-0.4, -0.2) is 210 Å². The number of esters is 1. The van der Waals surface area contributed by atoms with Gasteiger partial charge in [0.2, 0.25) is 12.4 Å². The van der Waals surface area contributed by atoms with Crippen LogP contribution in [0, 0.1) is 50.2 Å². The van der Waals surface area contributed by atoms with E-state index in [1.807, 2.05) is 0 Å². The summed E-state index contributed by atoms with van der Waals surface area (Å²) in [4.78, 5) is 38.3. The van der Waals surface area contributed by atoms with Gasteiger partial charge in [0, 0.05) is 0 Å². The van der Waals surface area contributed by atoms with Gasteiger partial charge in [0.05, 0.1) is 31.3 Å². The third-order valence-corrected chi connectivity index (χ3v) is 20.1. The molecule has 428 valence electrons. The maximum Gasteiger partial charge on any atom is 0.337 e. The predicted octanol–water partition coefficient (Wildman–Crippen LogP) is -0.323. The first-order valence-electron chi connectivity index (χ1n) is 26.5. The SMILES string of the molecule is CC1(C)CC[C@]2(C(=O)O[C@@H]3O[C@H](CO)[C@@H](O)[C@H](O)[C@H]3O)CC[C@]3(C)C(=CC[C@@H]4[C@@]5(C)CC[C@H](O[C@@H]6O[C@H](CO)[C@@H](O)[C@H](O[C@H](OCC(=O)O)[C@H](O)C(=O)O)[C@H]6O[C@@H]6OC[C@@H](O)[C@H](O)[C@H]6O)C(C)(C)[C@@H]5CC[C@]43C)[C@@H]2C1. The van der Waals surface area contributed by atoms with E-state index in [9.17, 15) is 75.7 Å². The van der Waals surface area contributed by atoms with Crippen molar-refractivity contribution >= 4 is 17.9 Å². The van der Waals surface area contributed by atoms with Crippen LogP contribution in [0.5, 0.6) is 0 Å². The Kier molecular flexibility index (Phi) is 16.8. The van der Waals surface area contributed by atoms with E-state index in [0.29, 0.717) is 38.5 Å². The summed E-state index contributed by atoms with van der Waals surface area (Å²) in [7, 11) is 0. The molecule has 0 bridgehead atoms. The number of carboxylic acid groups (broad SMARTS) is 2. The van der Waals surface area contributed by atoms with Crippen molar-refractivity contribution in [2.24, 2.45) is 50.2 Å². The Labute approximate surface area is 436 Å². The molecule has 0 aromatic heterocycles. The molecule has 0 aromatic carbocycles. The fourth-order valence-electron chi connectivity index (χ4n) is 15.5. The summed E-state index contributed by atoms with van der Waals surface area (Å²) < 4.78 is 47.5. The fourth-order valence-corrected chi connectivity index (χ4v) is 15.5. The molecule has 12 N–H and O–H groups in total. The molecule has 3 saturated heterocycles. The summed E-state index contributed by atoms with van der Waals surface area (Å²) in [5, 5.41) is 125. The second kappa shape index (κ2) is 21.5. The zero-order chi connectivity index (χ0) is 55.1. The van der Waals surface area contributed by atoms with E-state index >= 15 is 0 Å². The monoisotopic (exact) mass is 1070 g/mol. The van der Waals surface area contributed by atoms with Crippen molar-refractivity contribution in [3.8, 4) is 0 Å². The number of fused-ring (bicyclic) bond motifs is 7. The molecule has 24 atom stereocenters. The fraction of sp³-hybridized carbons (Fsp3) is 0.904. The van der Waals surface area contributed by atoms with Gasteiger partial charge >= 0.3 is 17.9 Å². The van der Waals surface area contributed by atoms with E-state index in [0.717, 1.165) is 25.7 Å². The Hall–Kier alpha value is -2.53. The minimum absolute atomic E-state index is 0.0269. The minimum Gasteiger partial charge on any atom is -0.480 e. The van der Waals surface area contributed by atoms with Crippen molar-refractivity contribution in [2.75, 3.05) is 26.4 Å². The molecule has 23 heteroatoms. The van der Waals surface area contributed by atoms with Crippen molar-refractivity contribution < 1.29 is 114 Å². The largest absolute Gasteiger partial charge is 0.480 e. The Morgan fingerprint density at radius 1 is 0.707 bits per heavy atom. The number of ether oxygens (including phenoxy) is 8. The average Bonchev–Trinajstić information content (AvgIpc) is 3.35. The molecule has 0 spiro atoms. The number of aliphatic hydroxyl groups excluding tert-OH is 10. The number of rotatable bonds is 15. The van der Waals surface area contributed by atoms with Crippen LogP contribution in [0.1, 0.15) is 113 Å². The van der Waals surface area contributed by atoms with Crippen LogP contribution in [0.4, 0.5) is 0 Å². The zero-order valence-corrected chi connectivity index (χ0v) is 43.9. The molecule has 75 heavy (non-hydrogen) atoms. The lowest BCUT2D eigenvalue weighted by Gasteiger charge is -2.71.